The molecule has 21 heteroatoms. The second-order valence-electron chi connectivity index (χ2n) is 27.9. The van der Waals surface area contributed by atoms with E-state index in [1.165, 1.54) is 0 Å². The fourth-order valence-electron chi connectivity index (χ4n) is 18.9. The molecule has 5 saturated carbocycles. The third kappa shape index (κ3) is 7.83. The molecule has 7 aliphatic carbocycles. The Hall–Kier alpha value is -4.13. The summed E-state index contributed by atoms with van der Waals surface area (Å²) in [5, 5.41) is 105. The normalized spacial score (nSPS) is 49.6. The molecule has 3 saturated heterocycles. The molecule has 1 aromatic rings. The van der Waals surface area contributed by atoms with Gasteiger partial charge in [0.1, 0.15) is 36.6 Å². The van der Waals surface area contributed by atoms with Crippen molar-refractivity contribution in [3.63, 3.8) is 0 Å². The lowest BCUT2D eigenvalue weighted by Gasteiger charge is -2.70. The first-order valence-corrected chi connectivity index (χ1v) is 28.7. The number of piperidine rings is 1. The van der Waals surface area contributed by atoms with Crippen molar-refractivity contribution in [3.8, 4) is 11.5 Å². The number of Topliss-reactive ketones (excluding diaryl/α,β-unsaturated/α-hetero) is 1. The van der Waals surface area contributed by atoms with Crippen LogP contribution in [0.25, 0.3) is 0 Å². The molecule has 0 unspecified atom stereocenters. The maximum absolute atomic E-state index is 14.8. The average Bonchev–Trinajstić information content (AvgIpc) is 3.40. The van der Waals surface area contributed by atoms with E-state index >= 15 is 0 Å². The fraction of sp³-hybridized carbons (Fsp3) is 0.780. The van der Waals surface area contributed by atoms with Gasteiger partial charge in [-0.3, -0.25) is 14.4 Å². The van der Waals surface area contributed by atoms with Crippen LogP contribution in [-0.2, 0) is 54.8 Å². The highest BCUT2D eigenvalue weighted by Crippen LogP contribution is 2.75. The van der Waals surface area contributed by atoms with E-state index in [0.717, 1.165) is 61.8 Å². The first-order chi connectivity index (χ1) is 37.3. The lowest BCUT2D eigenvalue weighted by atomic mass is 9.33. The number of phenols is 1. The van der Waals surface area contributed by atoms with Crippen LogP contribution in [0.15, 0.2) is 23.8 Å². The third-order valence-electron chi connectivity index (χ3n) is 23.7. The Morgan fingerprint density at radius 2 is 1.39 bits per heavy atom. The summed E-state index contributed by atoms with van der Waals surface area (Å²) >= 11 is 0. The molecule has 1 spiro atoms. The number of nitrogens with zero attached hydrogens (tertiary/aromatic N) is 1. The monoisotopic (exact) mass is 1120 g/mol. The molecule has 80 heavy (non-hydrogen) atoms. The van der Waals surface area contributed by atoms with E-state index in [-0.39, 0.29) is 51.9 Å². The van der Waals surface area contributed by atoms with Crippen LogP contribution in [0.2, 0.25) is 0 Å². The highest BCUT2D eigenvalue weighted by atomic mass is 16.8. The number of phenolic OH excluding ortho intramolecular Hbond substituents is 1. The first-order valence-electron chi connectivity index (χ1n) is 28.7. The number of hydrogen-bond acceptors (Lipinski definition) is 18. The van der Waals surface area contributed by atoms with Gasteiger partial charge >= 0.3 is 17.9 Å². The van der Waals surface area contributed by atoms with Gasteiger partial charge in [-0.15, -0.1) is 0 Å². The number of allylic oxidation sites excluding steroid dienone is 2. The number of benzene rings is 1. The van der Waals surface area contributed by atoms with E-state index in [0.29, 0.717) is 50.7 Å². The molecular formula is C59H81NO20. The van der Waals surface area contributed by atoms with Crippen LogP contribution in [0, 0.1) is 50.2 Å². The third-order valence-corrected chi connectivity index (χ3v) is 23.7. The summed E-state index contributed by atoms with van der Waals surface area (Å²) in [5.74, 6) is -3.91. The van der Waals surface area contributed by atoms with Crippen LogP contribution >= 0.6 is 0 Å². The van der Waals surface area contributed by atoms with Gasteiger partial charge in [-0.2, -0.15) is 0 Å². The number of hydrogen-bond donors (Lipinski definition) is 10. The van der Waals surface area contributed by atoms with Crippen molar-refractivity contribution in [3.05, 3.63) is 34.9 Å². The van der Waals surface area contributed by atoms with Crippen LogP contribution in [0.4, 0.5) is 0 Å². The fourth-order valence-corrected chi connectivity index (χ4v) is 18.9. The van der Waals surface area contributed by atoms with Crippen molar-refractivity contribution in [2.45, 2.75) is 223 Å². The molecule has 0 aromatic heterocycles. The minimum Gasteiger partial charge on any atom is -0.504 e. The second kappa shape index (κ2) is 18.9. The predicted molar refractivity (Wildman–Crippen MR) is 278 cm³/mol. The Labute approximate surface area is 464 Å². The molecule has 10 N–H and O–H groups in total. The maximum Gasteiger partial charge on any atom is 0.335 e. The highest BCUT2D eigenvalue weighted by molar-refractivity contribution is 5.96. The number of aromatic hydroxyl groups is 1. The molecule has 442 valence electrons. The van der Waals surface area contributed by atoms with Crippen molar-refractivity contribution in [2.24, 2.45) is 50.2 Å². The minimum absolute atomic E-state index is 0.00319. The Balaban J connectivity index is 0.000000252. The summed E-state index contributed by atoms with van der Waals surface area (Å²) in [4.78, 5) is 66.0. The van der Waals surface area contributed by atoms with Crippen molar-refractivity contribution in [2.75, 3.05) is 13.6 Å². The van der Waals surface area contributed by atoms with Gasteiger partial charge in [-0.05, 0) is 154 Å². The average molecular weight is 1120 g/mol. The molecule has 21 nitrogen and oxygen atoms in total. The number of aliphatic hydroxyl groups excluding tert-OH is 5. The SMILES string of the molecule is CC1(C)[C@@H](O[C@H]2O[C@H](C(=O)O)[C@@H](O)[C@H](O)[C@H]2O[C@@H]2O[C@H](C(=O)O)[C@@H](O)[C@H](O)[C@H]2O)CC[C@]2(C)[C@H]3C(=O)C=C4[C@@H]5C[C@@](C)(C(=O)O)CC[C@]5(C)CC[C@@]4(C)[C@]3(C)CC[C@@H]12.CN1CC[C@]23c4c5ccc(O)c4O[C@H]2C(=O)CC[C@@]3(O)[C@H]1C5. The Morgan fingerprint density at radius 1 is 0.738 bits per heavy atom. The number of carbonyl (C=O) groups is 5. The molecule has 23 atom stereocenters. The van der Waals surface area contributed by atoms with Gasteiger partial charge in [0.15, 0.2) is 54.0 Å². The summed E-state index contributed by atoms with van der Waals surface area (Å²) in [6, 6.07) is 3.57. The second-order valence-corrected chi connectivity index (χ2v) is 27.9. The number of likely N-dealkylation sites (tertiary alicyclic amines) is 1. The zero-order valence-electron chi connectivity index (χ0n) is 46.9. The Morgan fingerprint density at radius 3 is 2.05 bits per heavy atom. The van der Waals surface area contributed by atoms with Gasteiger partial charge < -0.3 is 79.6 Å². The number of rotatable bonds is 7. The zero-order valence-corrected chi connectivity index (χ0v) is 46.9. The molecular weight excluding hydrogens is 1040 g/mol. The number of aliphatic carboxylic acids is 3. The molecule has 2 bridgehead atoms. The maximum atomic E-state index is 14.8. The number of ketones is 2. The van der Waals surface area contributed by atoms with Gasteiger partial charge in [0.2, 0.25) is 0 Å². The first kappa shape index (κ1) is 57.7. The van der Waals surface area contributed by atoms with Crippen LogP contribution in [-0.4, -0.2) is 184 Å². The standard InChI is InChI=1S/C42H62O16.C17H19NO4/c1-37(2)21-8-11-42(7)31(20(43)16-18-19-17-39(4,36(53)54)13-12-38(19,3)14-15-41(18,42)6)40(21,5)10-9-22(37)55-35-30(26(47)25(46)29(57-35)33(51)52)58-34-27(48)23(44)24(45)28(56-34)32(49)50;1-18-7-6-16-13-9-2-3-10(19)14(13)22-15(16)11(20)4-5-17(16,21)12(18)8-9/h16,19,21-31,34-35,44-48H,8-15,17H2,1-7H3,(H,49,50)(H,51,52)(H,53,54);2-3,12,15,19,21H,4-8H2,1H3/t19-,21-,22-,23-,24-,25-,26-,27+,28-,29-,30+,31+,34-,35-,38+,39-,40-,41+,42+;12-,15+,16+,17-/m01/s1. The number of carboxylic acids is 3. The topological polar surface area (TPSA) is 337 Å². The molecule has 11 aliphatic rings. The Kier molecular flexibility index (Phi) is 13.7. The largest absolute Gasteiger partial charge is 0.504 e. The predicted octanol–water partition coefficient (Wildman–Crippen LogP) is 2.99. The van der Waals surface area contributed by atoms with Gasteiger partial charge in [0.05, 0.1) is 22.5 Å². The van der Waals surface area contributed by atoms with E-state index in [1.807, 2.05) is 40.0 Å². The van der Waals surface area contributed by atoms with E-state index in [2.05, 4.69) is 32.6 Å². The summed E-state index contributed by atoms with van der Waals surface area (Å²) in [6.45, 7) is 15.7. The van der Waals surface area contributed by atoms with E-state index in [1.54, 1.807) is 6.07 Å². The Bertz CT molecular complexity index is 2790. The summed E-state index contributed by atoms with van der Waals surface area (Å²) < 4.78 is 29.3. The zero-order chi connectivity index (χ0) is 58.1. The number of fused-ring (bicyclic) bond motifs is 7. The lowest BCUT2D eigenvalue weighted by molar-refractivity contribution is -0.371. The van der Waals surface area contributed by atoms with Crippen LogP contribution in [0.5, 0.6) is 11.5 Å². The molecule has 12 rings (SSSR count). The number of aliphatic hydroxyl groups is 6. The van der Waals surface area contributed by atoms with Gasteiger partial charge in [-0.25, -0.2) is 9.59 Å². The van der Waals surface area contributed by atoms with E-state index in [4.69, 9.17) is 23.7 Å². The highest BCUT2D eigenvalue weighted by Gasteiger charge is 2.74. The number of carbonyl (C=O) groups excluding carboxylic acids is 2. The molecule has 4 heterocycles. The van der Waals surface area contributed by atoms with Crippen molar-refractivity contribution >= 4 is 29.5 Å². The van der Waals surface area contributed by atoms with Crippen molar-refractivity contribution in [1.29, 1.82) is 0 Å². The quantitative estimate of drug-likeness (QED) is 0.175. The van der Waals surface area contributed by atoms with E-state index < -0.39 is 124 Å². The minimum atomic E-state index is -2.05. The van der Waals surface area contributed by atoms with Gasteiger partial charge in [0.25, 0.3) is 0 Å². The van der Waals surface area contributed by atoms with Gasteiger partial charge in [-0.1, -0.05) is 53.2 Å². The summed E-state index contributed by atoms with van der Waals surface area (Å²) in [7, 11) is 2.04. The molecule has 8 fully saturated rings. The van der Waals surface area contributed by atoms with Crippen molar-refractivity contribution in [1.82, 2.24) is 4.90 Å². The van der Waals surface area contributed by atoms with Gasteiger partial charge in [0, 0.05) is 23.9 Å². The van der Waals surface area contributed by atoms with Crippen LogP contribution in [0.3, 0.4) is 0 Å². The van der Waals surface area contributed by atoms with Crippen molar-refractivity contribution < 1.29 is 98.7 Å². The number of carboxylic acid groups (broad SMARTS) is 3. The summed E-state index contributed by atoms with van der Waals surface area (Å²) in [6.07, 6.45) is -10.6. The summed E-state index contributed by atoms with van der Waals surface area (Å²) in [5.41, 5.74) is -1.44. The van der Waals surface area contributed by atoms with Crippen LogP contribution in [0.1, 0.15) is 137 Å². The number of ether oxygens (including phenoxy) is 5. The molecule has 1 aromatic carbocycles. The molecule has 4 aliphatic heterocycles. The molecule has 0 radical (unpaired) electrons. The smallest absolute Gasteiger partial charge is 0.335 e. The van der Waals surface area contributed by atoms with E-state index in [9.17, 15) is 75.0 Å². The molecule has 0 amide bonds. The lowest BCUT2D eigenvalue weighted by Crippen LogP contribution is -2.76. The number of likely N-dealkylation sites (N-methyl/N-ethyl adjacent to an activating group) is 1. The van der Waals surface area contributed by atoms with Crippen LogP contribution < -0.4 is 4.74 Å².